The number of carbonyl (C=O) groups excluding carboxylic acids is 1. The Bertz CT molecular complexity index is 1010. The van der Waals surface area contributed by atoms with Crippen LogP contribution in [0.15, 0.2) is 48.9 Å². The molecule has 1 aromatic carbocycles. The first-order chi connectivity index (χ1) is 14.5. The van der Waals surface area contributed by atoms with Crippen LogP contribution in [0.5, 0.6) is 0 Å². The average molecular weight is 429 g/mol. The highest BCUT2D eigenvalue weighted by Gasteiger charge is 2.33. The topological polar surface area (TPSA) is 75.9 Å². The van der Waals surface area contributed by atoms with E-state index in [0.29, 0.717) is 41.1 Å². The van der Waals surface area contributed by atoms with Gasteiger partial charge in [-0.2, -0.15) is 15.0 Å². The third-order valence-electron chi connectivity index (χ3n) is 5.42. The lowest BCUT2D eigenvalue weighted by atomic mass is 9.90. The molecule has 2 atom stereocenters. The smallest absolute Gasteiger partial charge is 0.256 e. The zero-order valence-electron chi connectivity index (χ0n) is 16.5. The molecular weight excluding hydrogens is 407 g/mol. The fourth-order valence-corrected chi connectivity index (χ4v) is 3.96. The van der Waals surface area contributed by atoms with Gasteiger partial charge >= 0.3 is 0 Å². The molecule has 1 unspecified atom stereocenters. The van der Waals surface area contributed by atoms with Crippen molar-refractivity contribution in [3.05, 3.63) is 65.3 Å². The minimum atomic E-state index is -0.446. The van der Waals surface area contributed by atoms with Crippen LogP contribution in [-0.4, -0.2) is 49.9 Å². The van der Waals surface area contributed by atoms with Gasteiger partial charge in [-0.15, -0.1) is 0 Å². The molecule has 4 rings (SSSR count). The summed E-state index contributed by atoms with van der Waals surface area (Å²) in [6, 6.07) is 7.62. The molecule has 1 saturated heterocycles. The van der Waals surface area contributed by atoms with Gasteiger partial charge in [-0.1, -0.05) is 18.5 Å². The maximum Gasteiger partial charge on any atom is 0.256 e. The maximum absolute atomic E-state index is 13.9. The van der Waals surface area contributed by atoms with Crippen molar-refractivity contribution in [2.24, 2.45) is 5.92 Å². The highest BCUT2D eigenvalue weighted by atomic mass is 35.5. The van der Waals surface area contributed by atoms with E-state index < -0.39 is 5.82 Å². The number of halogens is 2. The lowest BCUT2D eigenvalue weighted by Crippen LogP contribution is -2.51. The number of hydrogen-bond donors (Lipinski definition) is 1. The number of hydrogen-bond acceptors (Lipinski definition) is 5. The molecule has 1 fully saturated rings. The van der Waals surface area contributed by atoms with E-state index in [-0.39, 0.29) is 11.9 Å². The van der Waals surface area contributed by atoms with E-state index in [4.69, 9.17) is 11.6 Å². The summed E-state index contributed by atoms with van der Waals surface area (Å²) < 4.78 is 13.9. The SMILES string of the molecule is C[C@@H]1CCCN(C(=O)c2ccc(F)cc2-n2nccn2)C1CNc1ccc(Cl)cn1. The van der Waals surface area contributed by atoms with Gasteiger partial charge in [0.25, 0.3) is 5.91 Å². The highest BCUT2D eigenvalue weighted by Crippen LogP contribution is 2.27. The molecule has 0 saturated carbocycles. The number of aromatic nitrogens is 4. The molecule has 1 N–H and O–H groups in total. The lowest BCUT2D eigenvalue weighted by molar-refractivity contribution is 0.0539. The Balaban J connectivity index is 1.59. The van der Waals surface area contributed by atoms with Crippen molar-refractivity contribution in [1.82, 2.24) is 24.9 Å². The van der Waals surface area contributed by atoms with E-state index in [1.165, 1.54) is 35.4 Å². The van der Waals surface area contributed by atoms with Crippen LogP contribution < -0.4 is 5.32 Å². The molecule has 0 spiro atoms. The summed E-state index contributed by atoms with van der Waals surface area (Å²) in [4.78, 5) is 20.9. The molecular formula is C21H22ClFN6O. The number of carbonyl (C=O) groups is 1. The Labute approximate surface area is 178 Å². The molecule has 0 aliphatic carbocycles. The molecule has 3 aromatic rings. The predicted octanol–water partition coefficient (Wildman–Crippen LogP) is 3.81. The number of amides is 1. The van der Waals surface area contributed by atoms with Gasteiger partial charge in [0.05, 0.1) is 29.0 Å². The molecule has 0 bridgehead atoms. The van der Waals surface area contributed by atoms with Crippen molar-refractivity contribution in [2.45, 2.75) is 25.8 Å². The number of benzene rings is 1. The van der Waals surface area contributed by atoms with Crippen LogP contribution in [0.2, 0.25) is 5.02 Å². The minimum Gasteiger partial charge on any atom is -0.368 e. The average Bonchev–Trinajstić information content (AvgIpc) is 3.28. The van der Waals surface area contributed by atoms with Crippen molar-refractivity contribution in [2.75, 3.05) is 18.4 Å². The molecule has 1 aliphatic heterocycles. The monoisotopic (exact) mass is 428 g/mol. The van der Waals surface area contributed by atoms with Gasteiger partial charge in [0.15, 0.2) is 0 Å². The number of anilines is 1. The highest BCUT2D eigenvalue weighted by molar-refractivity contribution is 6.30. The Kier molecular flexibility index (Phi) is 5.94. The molecule has 30 heavy (non-hydrogen) atoms. The second-order valence-corrected chi connectivity index (χ2v) is 7.84. The van der Waals surface area contributed by atoms with Crippen molar-refractivity contribution in [3.63, 3.8) is 0 Å². The fraction of sp³-hybridized carbons (Fsp3) is 0.333. The van der Waals surface area contributed by atoms with Gasteiger partial charge in [0.1, 0.15) is 17.3 Å². The summed E-state index contributed by atoms with van der Waals surface area (Å²) in [5.74, 6) is 0.393. The molecule has 3 heterocycles. The first kappa shape index (κ1) is 20.3. The molecule has 0 radical (unpaired) electrons. The van der Waals surface area contributed by atoms with Gasteiger partial charge in [0, 0.05) is 25.4 Å². The fourth-order valence-electron chi connectivity index (χ4n) is 3.85. The Morgan fingerprint density at radius 3 is 2.80 bits per heavy atom. The standard InChI is InChI=1S/C21H22ClFN6O/c1-14-3-2-10-28(19(14)13-25-20-7-4-15(22)12-24-20)21(30)17-6-5-16(23)11-18(17)29-26-8-9-27-29/h4-9,11-12,14,19H,2-3,10,13H2,1H3,(H,24,25)/t14-,19?/m1/s1. The Hall–Kier alpha value is -3.00. The second-order valence-electron chi connectivity index (χ2n) is 7.41. The normalized spacial score (nSPS) is 19.0. The minimum absolute atomic E-state index is 0.0350. The zero-order chi connectivity index (χ0) is 21.1. The van der Waals surface area contributed by atoms with Gasteiger partial charge in [-0.3, -0.25) is 4.79 Å². The maximum atomic E-state index is 13.9. The number of likely N-dealkylation sites (tertiary alicyclic amines) is 1. The van der Waals surface area contributed by atoms with Crippen molar-refractivity contribution < 1.29 is 9.18 Å². The molecule has 156 valence electrons. The first-order valence-electron chi connectivity index (χ1n) is 9.85. The van der Waals surface area contributed by atoms with Crippen LogP contribution >= 0.6 is 11.6 Å². The molecule has 1 aliphatic rings. The summed E-state index contributed by atoms with van der Waals surface area (Å²) in [6.07, 6.45) is 6.52. The Morgan fingerprint density at radius 1 is 1.27 bits per heavy atom. The lowest BCUT2D eigenvalue weighted by Gasteiger charge is -2.40. The van der Waals surface area contributed by atoms with E-state index >= 15 is 0 Å². The van der Waals surface area contributed by atoms with Crippen molar-refractivity contribution in [3.8, 4) is 5.69 Å². The third kappa shape index (κ3) is 4.28. The van der Waals surface area contributed by atoms with Crippen LogP contribution in [-0.2, 0) is 0 Å². The van der Waals surface area contributed by atoms with E-state index in [2.05, 4.69) is 27.4 Å². The van der Waals surface area contributed by atoms with Crippen molar-refractivity contribution in [1.29, 1.82) is 0 Å². The summed E-state index contributed by atoms with van der Waals surface area (Å²) >= 11 is 5.90. The van der Waals surface area contributed by atoms with Crippen molar-refractivity contribution >= 4 is 23.3 Å². The first-order valence-corrected chi connectivity index (χ1v) is 10.2. The van der Waals surface area contributed by atoms with E-state index in [1.54, 1.807) is 12.3 Å². The van der Waals surface area contributed by atoms with E-state index in [9.17, 15) is 9.18 Å². The van der Waals surface area contributed by atoms with Gasteiger partial charge in [-0.05, 0) is 43.0 Å². The van der Waals surface area contributed by atoms with Crippen LogP contribution in [0, 0.1) is 11.7 Å². The number of pyridine rings is 1. The third-order valence-corrected chi connectivity index (χ3v) is 5.64. The van der Waals surface area contributed by atoms with Gasteiger partial charge in [0.2, 0.25) is 0 Å². The van der Waals surface area contributed by atoms with E-state index in [1.807, 2.05) is 11.0 Å². The second kappa shape index (κ2) is 8.79. The van der Waals surface area contributed by atoms with Crippen LogP contribution in [0.4, 0.5) is 10.2 Å². The number of piperidine rings is 1. The predicted molar refractivity (Wildman–Crippen MR) is 112 cm³/mol. The van der Waals surface area contributed by atoms with E-state index in [0.717, 1.165) is 12.8 Å². The summed E-state index contributed by atoms with van der Waals surface area (Å²) in [5.41, 5.74) is 0.700. The Morgan fingerprint density at radius 2 is 2.07 bits per heavy atom. The number of nitrogens with zero attached hydrogens (tertiary/aromatic N) is 5. The quantitative estimate of drug-likeness (QED) is 0.668. The molecule has 9 heteroatoms. The summed E-state index contributed by atoms with van der Waals surface area (Å²) in [7, 11) is 0. The van der Waals surface area contributed by atoms with Crippen LogP contribution in [0.1, 0.15) is 30.1 Å². The molecule has 7 nitrogen and oxygen atoms in total. The summed E-state index contributed by atoms with van der Waals surface area (Å²) in [6.45, 7) is 3.33. The van der Waals surface area contributed by atoms with Crippen LogP contribution in [0.3, 0.4) is 0 Å². The van der Waals surface area contributed by atoms with Gasteiger partial charge in [-0.25, -0.2) is 9.37 Å². The van der Waals surface area contributed by atoms with Gasteiger partial charge < -0.3 is 10.2 Å². The summed E-state index contributed by atoms with van der Waals surface area (Å²) in [5, 5.41) is 12.0. The largest absolute Gasteiger partial charge is 0.368 e. The van der Waals surface area contributed by atoms with Crippen LogP contribution in [0.25, 0.3) is 5.69 Å². The molecule has 2 aromatic heterocycles. The zero-order valence-corrected chi connectivity index (χ0v) is 17.3. The number of rotatable bonds is 5. The molecule has 1 amide bonds. The number of nitrogens with one attached hydrogen (secondary N) is 1.